The largest absolute Gasteiger partial charge is 0.493 e. The number of fused-ring (bicyclic) bond motifs is 1. The van der Waals surface area contributed by atoms with E-state index in [2.05, 4.69) is 53.3 Å². The van der Waals surface area contributed by atoms with Gasteiger partial charge in [-0.2, -0.15) is 0 Å². The van der Waals surface area contributed by atoms with E-state index >= 15 is 0 Å². The molecule has 110 valence electrons. The lowest BCUT2D eigenvalue weighted by Gasteiger charge is -2.32. The highest BCUT2D eigenvalue weighted by atomic mass is 79.9. The Morgan fingerprint density at radius 2 is 2.10 bits per heavy atom. The van der Waals surface area contributed by atoms with Crippen molar-refractivity contribution in [1.82, 2.24) is 5.32 Å². The minimum Gasteiger partial charge on any atom is -0.493 e. The van der Waals surface area contributed by atoms with E-state index in [1.165, 1.54) is 31.2 Å². The molecule has 1 aliphatic heterocycles. The molecular weight excluding hydrogens is 314 g/mol. The Kier molecular flexibility index (Phi) is 4.09. The quantitative estimate of drug-likeness (QED) is 0.834. The second kappa shape index (κ2) is 5.69. The SMILES string of the molecule is CC1(C)CCCC1NC1CCCOc2cc(Br)ccc21. The van der Waals surface area contributed by atoms with E-state index in [0.717, 1.165) is 23.2 Å². The Hall–Kier alpha value is -0.540. The summed E-state index contributed by atoms with van der Waals surface area (Å²) >= 11 is 3.54. The molecule has 1 N–H and O–H groups in total. The van der Waals surface area contributed by atoms with E-state index in [9.17, 15) is 0 Å². The molecule has 0 radical (unpaired) electrons. The fraction of sp³-hybridized carbons (Fsp3) is 0.647. The van der Waals surface area contributed by atoms with Crippen LogP contribution in [0.1, 0.15) is 57.6 Å². The molecule has 1 fully saturated rings. The first-order chi connectivity index (χ1) is 9.56. The average molecular weight is 338 g/mol. The monoisotopic (exact) mass is 337 g/mol. The van der Waals surface area contributed by atoms with Crippen LogP contribution in [-0.4, -0.2) is 12.6 Å². The Morgan fingerprint density at radius 1 is 1.25 bits per heavy atom. The van der Waals surface area contributed by atoms with E-state index in [0.29, 0.717) is 17.5 Å². The summed E-state index contributed by atoms with van der Waals surface area (Å²) in [5, 5.41) is 3.93. The standard InChI is InChI=1S/C17H24BrNO/c1-17(2)9-3-6-16(17)19-14-5-4-10-20-15-11-12(18)7-8-13(14)15/h7-8,11,14,16,19H,3-6,9-10H2,1-2H3. The van der Waals surface area contributed by atoms with Gasteiger partial charge in [-0.25, -0.2) is 0 Å². The van der Waals surface area contributed by atoms with Gasteiger partial charge in [0.2, 0.25) is 0 Å². The number of benzene rings is 1. The van der Waals surface area contributed by atoms with Crippen LogP contribution in [0.4, 0.5) is 0 Å². The molecule has 2 atom stereocenters. The van der Waals surface area contributed by atoms with Crippen LogP contribution in [0.25, 0.3) is 0 Å². The van der Waals surface area contributed by atoms with Crippen molar-refractivity contribution >= 4 is 15.9 Å². The van der Waals surface area contributed by atoms with Crippen LogP contribution < -0.4 is 10.1 Å². The van der Waals surface area contributed by atoms with Gasteiger partial charge in [0, 0.05) is 22.1 Å². The second-order valence-corrected chi connectivity index (χ2v) is 7.74. The number of nitrogens with one attached hydrogen (secondary N) is 1. The number of halogens is 1. The first kappa shape index (κ1) is 14.4. The maximum Gasteiger partial charge on any atom is 0.125 e. The minimum absolute atomic E-state index is 0.419. The van der Waals surface area contributed by atoms with E-state index < -0.39 is 0 Å². The molecule has 3 rings (SSSR count). The summed E-state index contributed by atoms with van der Waals surface area (Å²) in [6, 6.07) is 7.51. The molecule has 0 aromatic heterocycles. The molecule has 0 amide bonds. The lowest BCUT2D eigenvalue weighted by molar-refractivity contribution is 0.256. The number of ether oxygens (including phenoxy) is 1. The zero-order valence-electron chi connectivity index (χ0n) is 12.4. The van der Waals surface area contributed by atoms with E-state index in [4.69, 9.17) is 4.74 Å². The third-order valence-corrected chi connectivity index (χ3v) is 5.40. The highest BCUT2D eigenvalue weighted by Gasteiger charge is 2.36. The molecule has 1 saturated carbocycles. The second-order valence-electron chi connectivity index (χ2n) is 6.83. The van der Waals surface area contributed by atoms with Gasteiger partial charge in [-0.1, -0.05) is 42.3 Å². The molecule has 20 heavy (non-hydrogen) atoms. The van der Waals surface area contributed by atoms with Gasteiger partial charge in [0.15, 0.2) is 0 Å². The van der Waals surface area contributed by atoms with Crippen LogP contribution in [0.2, 0.25) is 0 Å². The predicted molar refractivity (Wildman–Crippen MR) is 86.2 cm³/mol. The Morgan fingerprint density at radius 3 is 2.85 bits per heavy atom. The third kappa shape index (κ3) is 2.89. The van der Waals surface area contributed by atoms with Crippen LogP contribution in [0.3, 0.4) is 0 Å². The van der Waals surface area contributed by atoms with E-state index in [1.807, 2.05) is 0 Å². The molecule has 2 aliphatic rings. The zero-order chi connectivity index (χ0) is 14.2. The van der Waals surface area contributed by atoms with Gasteiger partial charge in [-0.05, 0) is 43.2 Å². The maximum absolute atomic E-state index is 5.91. The van der Waals surface area contributed by atoms with Gasteiger partial charge < -0.3 is 10.1 Å². The lowest BCUT2D eigenvalue weighted by atomic mass is 9.86. The first-order valence-electron chi connectivity index (χ1n) is 7.74. The number of hydrogen-bond acceptors (Lipinski definition) is 2. The van der Waals surface area contributed by atoms with Gasteiger partial charge >= 0.3 is 0 Å². The highest BCUT2D eigenvalue weighted by Crippen LogP contribution is 2.40. The van der Waals surface area contributed by atoms with Gasteiger partial charge in [0.25, 0.3) is 0 Å². The van der Waals surface area contributed by atoms with Crippen LogP contribution >= 0.6 is 15.9 Å². The molecule has 1 aromatic rings. The van der Waals surface area contributed by atoms with Crippen molar-refractivity contribution < 1.29 is 4.74 Å². The molecule has 2 unspecified atom stereocenters. The van der Waals surface area contributed by atoms with Crippen molar-refractivity contribution in [3.8, 4) is 5.75 Å². The van der Waals surface area contributed by atoms with E-state index in [-0.39, 0.29) is 0 Å². The van der Waals surface area contributed by atoms with Crippen LogP contribution in [-0.2, 0) is 0 Å². The Balaban J connectivity index is 1.83. The molecule has 1 aliphatic carbocycles. The summed E-state index contributed by atoms with van der Waals surface area (Å²) in [5.74, 6) is 1.05. The molecule has 1 heterocycles. The topological polar surface area (TPSA) is 21.3 Å². The minimum atomic E-state index is 0.419. The number of rotatable bonds is 2. The van der Waals surface area contributed by atoms with Crippen molar-refractivity contribution in [2.75, 3.05) is 6.61 Å². The van der Waals surface area contributed by atoms with Crippen molar-refractivity contribution in [1.29, 1.82) is 0 Å². The van der Waals surface area contributed by atoms with Crippen LogP contribution in [0.5, 0.6) is 5.75 Å². The molecule has 3 heteroatoms. The highest BCUT2D eigenvalue weighted by molar-refractivity contribution is 9.10. The van der Waals surface area contributed by atoms with Crippen LogP contribution in [0, 0.1) is 5.41 Å². The first-order valence-corrected chi connectivity index (χ1v) is 8.54. The Bertz CT molecular complexity index is 486. The van der Waals surface area contributed by atoms with Gasteiger partial charge in [0.1, 0.15) is 5.75 Å². The van der Waals surface area contributed by atoms with Crippen molar-refractivity contribution in [3.05, 3.63) is 28.2 Å². The van der Waals surface area contributed by atoms with Crippen molar-refractivity contribution in [2.45, 2.75) is 58.0 Å². The molecule has 0 bridgehead atoms. The maximum atomic E-state index is 5.91. The summed E-state index contributed by atoms with van der Waals surface area (Å²) in [5.41, 5.74) is 1.75. The van der Waals surface area contributed by atoms with Crippen LogP contribution in [0.15, 0.2) is 22.7 Å². The predicted octanol–water partition coefficient (Wildman–Crippen LogP) is 4.83. The lowest BCUT2D eigenvalue weighted by Crippen LogP contribution is -2.40. The van der Waals surface area contributed by atoms with Crippen molar-refractivity contribution in [2.24, 2.45) is 5.41 Å². The summed E-state index contributed by atoms with van der Waals surface area (Å²) in [6.45, 7) is 5.62. The average Bonchev–Trinajstić information content (AvgIpc) is 2.61. The summed E-state index contributed by atoms with van der Waals surface area (Å²) in [7, 11) is 0. The molecular formula is C17H24BrNO. The Labute approximate surface area is 130 Å². The number of hydrogen-bond donors (Lipinski definition) is 1. The summed E-state index contributed by atoms with van der Waals surface area (Å²) in [4.78, 5) is 0. The summed E-state index contributed by atoms with van der Waals surface area (Å²) < 4.78 is 7.00. The normalized spacial score (nSPS) is 28.6. The fourth-order valence-electron chi connectivity index (χ4n) is 3.60. The van der Waals surface area contributed by atoms with Crippen molar-refractivity contribution in [3.63, 3.8) is 0 Å². The van der Waals surface area contributed by atoms with Gasteiger partial charge in [0.05, 0.1) is 6.61 Å². The zero-order valence-corrected chi connectivity index (χ0v) is 14.0. The molecule has 1 aromatic carbocycles. The summed E-state index contributed by atoms with van der Waals surface area (Å²) in [6.07, 6.45) is 6.27. The fourth-order valence-corrected chi connectivity index (χ4v) is 3.94. The molecule has 0 saturated heterocycles. The smallest absolute Gasteiger partial charge is 0.125 e. The van der Waals surface area contributed by atoms with Gasteiger partial charge in [-0.15, -0.1) is 0 Å². The third-order valence-electron chi connectivity index (χ3n) is 4.91. The van der Waals surface area contributed by atoms with E-state index in [1.54, 1.807) is 0 Å². The molecule has 2 nitrogen and oxygen atoms in total. The van der Waals surface area contributed by atoms with Gasteiger partial charge in [-0.3, -0.25) is 0 Å². The molecule has 0 spiro atoms.